The number of nitrogens with zero attached hydrogens (tertiary/aromatic N) is 3. The molecule has 0 spiro atoms. The topological polar surface area (TPSA) is 56.7 Å². The van der Waals surface area contributed by atoms with Gasteiger partial charge in [0.05, 0.1) is 5.69 Å². The molecule has 2 fully saturated rings. The van der Waals surface area contributed by atoms with Crippen LogP contribution in [0.25, 0.3) is 0 Å². The van der Waals surface area contributed by atoms with Gasteiger partial charge in [-0.25, -0.2) is 0 Å². The molecular weight excluding hydrogens is 188 g/mol. The molecule has 0 aliphatic heterocycles. The highest BCUT2D eigenvalue weighted by Crippen LogP contribution is 2.48. The zero-order chi connectivity index (χ0) is 10.3. The molecule has 3 rings (SSSR count). The molecule has 15 heavy (non-hydrogen) atoms. The van der Waals surface area contributed by atoms with Crippen LogP contribution >= 0.6 is 0 Å². The predicted molar refractivity (Wildman–Crippen MR) is 56.9 cm³/mol. The number of rotatable bonds is 3. The number of hydrogen-bond acceptors (Lipinski definition) is 3. The molecule has 2 N–H and O–H groups in total. The lowest BCUT2D eigenvalue weighted by Crippen LogP contribution is -2.17. The van der Waals surface area contributed by atoms with Gasteiger partial charge in [-0.05, 0) is 37.0 Å². The minimum absolute atomic E-state index is 0.497. The minimum Gasteiger partial charge on any atom is -0.325 e. The van der Waals surface area contributed by atoms with Crippen LogP contribution in [0, 0.1) is 17.8 Å². The van der Waals surface area contributed by atoms with E-state index in [1.165, 1.54) is 25.7 Å². The Labute approximate surface area is 89.8 Å². The van der Waals surface area contributed by atoms with E-state index in [-0.39, 0.29) is 0 Å². The molecule has 2 aliphatic rings. The SMILES string of the molecule is NCc1cn(CC2CC3CCC2C3)nn1. The maximum atomic E-state index is 5.52. The van der Waals surface area contributed by atoms with Gasteiger partial charge in [0.25, 0.3) is 0 Å². The molecule has 4 heteroatoms. The van der Waals surface area contributed by atoms with Crippen molar-refractivity contribution in [3.8, 4) is 0 Å². The van der Waals surface area contributed by atoms with Gasteiger partial charge in [-0.15, -0.1) is 5.10 Å². The van der Waals surface area contributed by atoms with E-state index in [9.17, 15) is 0 Å². The lowest BCUT2D eigenvalue weighted by molar-refractivity contribution is 0.283. The smallest absolute Gasteiger partial charge is 0.0962 e. The summed E-state index contributed by atoms with van der Waals surface area (Å²) in [6.07, 6.45) is 7.76. The Morgan fingerprint density at radius 2 is 2.33 bits per heavy atom. The van der Waals surface area contributed by atoms with Crippen LogP contribution in [0.2, 0.25) is 0 Å². The van der Waals surface area contributed by atoms with Crippen LogP contribution in [-0.4, -0.2) is 15.0 Å². The Bertz CT molecular complexity index is 346. The van der Waals surface area contributed by atoms with Crippen LogP contribution in [0.3, 0.4) is 0 Å². The summed E-state index contributed by atoms with van der Waals surface area (Å²) in [5.74, 6) is 2.81. The van der Waals surface area contributed by atoms with Gasteiger partial charge in [0, 0.05) is 19.3 Å². The van der Waals surface area contributed by atoms with Gasteiger partial charge in [-0.1, -0.05) is 11.6 Å². The fourth-order valence-electron chi connectivity index (χ4n) is 3.36. The van der Waals surface area contributed by atoms with E-state index in [2.05, 4.69) is 10.3 Å². The molecule has 3 unspecified atom stereocenters. The maximum Gasteiger partial charge on any atom is 0.0962 e. The predicted octanol–water partition coefficient (Wildman–Crippen LogP) is 1.17. The van der Waals surface area contributed by atoms with Crippen LogP contribution < -0.4 is 5.73 Å². The maximum absolute atomic E-state index is 5.52. The molecule has 2 aliphatic carbocycles. The van der Waals surface area contributed by atoms with Crippen molar-refractivity contribution < 1.29 is 0 Å². The van der Waals surface area contributed by atoms with Crippen molar-refractivity contribution in [2.75, 3.05) is 0 Å². The third-order valence-electron chi connectivity index (χ3n) is 4.10. The first kappa shape index (κ1) is 9.33. The molecule has 3 atom stereocenters. The van der Waals surface area contributed by atoms with E-state index in [0.717, 1.165) is 30.0 Å². The number of fused-ring (bicyclic) bond motifs is 2. The number of aromatic nitrogens is 3. The Morgan fingerprint density at radius 3 is 2.93 bits per heavy atom. The van der Waals surface area contributed by atoms with E-state index < -0.39 is 0 Å². The van der Waals surface area contributed by atoms with Crippen molar-refractivity contribution in [3.05, 3.63) is 11.9 Å². The van der Waals surface area contributed by atoms with E-state index >= 15 is 0 Å². The van der Waals surface area contributed by atoms with Gasteiger partial charge < -0.3 is 5.73 Å². The monoisotopic (exact) mass is 206 g/mol. The van der Waals surface area contributed by atoms with E-state index in [1.54, 1.807) is 0 Å². The van der Waals surface area contributed by atoms with Crippen molar-refractivity contribution >= 4 is 0 Å². The standard InChI is InChI=1S/C11H18N4/c12-5-11-7-15(14-13-11)6-10-4-8-1-2-9(10)3-8/h7-10H,1-6,12H2. The fourth-order valence-corrected chi connectivity index (χ4v) is 3.36. The van der Waals surface area contributed by atoms with Gasteiger partial charge in [-0.2, -0.15) is 0 Å². The molecule has 0 saturated heterocycles. The molecule has 82 valence electrons. The summed E-state index contributed by atoms with van der Waals surface area (Å²) < 4.78 is 1.98. The minimum atomic E-state index is 0.497. The highest BCUT2D eigenvalue weighted by Gasteiger charge is 2.39. The average molecular weight is 206 g/mol. The molecule has 2 bridgehead atoms. The molecular formula is C11H18N4. The van der Waals surface area contributed by atoms with Crippen LogP contribution in [0.4, 0.5) is 0 Å². The molecule has 0 radical (unpaired) electrons. The Hall–Kier alpha value is -0.900. The normalized spacial score (nSPS) is 33.8. The molecule has 0 amide bonds. The first-order valence-electron chi connectivity index (χ1n) is 5.94. The van der Waals surface area contributed by atoms with Crippen molar-refractivity contribution in [1.29, 1.82) is 0 Å². The zero-order valence-corrected chi connectivity index (χ0v) is 8.97. The van der Waals surface area contributed by atoms with E-state index in [1.807, 2.05) is 10.9 Å². The third kappa shape index (κ3) is 1.67. The lowest BCUT2D eigenvalue weighted by Gasteiger charge is -2.20. The molecule has 4 nitrogen and oxygen atoms in total. The van der Waals surface area contributed by atoms with Crippen molar-refractivity contribution in [2.24, 2.45) is 23.5 Å². The van der Waals surface area contributed by atoms with Crippen LogP contribution in [0.5, 0.6) is 0 Å². The summed E-state index contributed by atoms with van der Waals surface area (Å²) in [7, 11) is 0. The molecule has 1 aromatic heterocycles. The Balaban J connectivity index is 1.65. The molecule has 1 aromatic rings. The highest BCUT2D eigenvalue weighted by molar-refractivity contribution is 4.93. The molecule has 1 heterocycles. The van der Waals surface area contributed by atoms with Crippen LogP contribution in [-0.2, 0) is 13.1 Å². The second-order valence-electron chi connectivity index (χ2n) is 5.07. The summed E-state index contributed by atoms with van der Waals surface area (Å²) in [6, 6.07) is 0. The van der Waals surface area contributed by atoms with Gasteiger partial charge in [0.15, 0.2) is 0 Å². The van der Waals surface area contributed by atoms with Gasteiger partial charge >= 0.3 is 0 Å². The number of nitrogens with two attached hydrogens (primary N) is 1. The molecule has 2 saturated carbocycles. The Kier molecular flexibility index (Phi) is 2.24. The quantitative estimate of drug-likeness (QED) is 0.807. The summed E-state index contributed by atoms with van der Waals surface area (Å²) in [4.78, 5) is 0. The second-order valence-corrected chi connectivity index (χ2v) is 5.07. The zero-order valence-electron chi connectivity index (χ0n) is 8.97. The average Bonchev–Trinajstić information content (AvgIpc) is 2.92. The van der Waals surface area contributed by atoms with Crippen LogP contribution in [0.1, 0.15) is 31.4 Å². The highest BCUT2D eigenvalue weighted by atomic mass is 15.4. The second kappa shape index (κ2) is 3.59. The summed E-state index contributed by atoms with van der Waals surface area (Å²) in [5, 5.41) is 8.15. The first-order valence-corrected chi connectivity index (χ1v) is 5.94. The number of hydrogen-bond donors (Lipinski definition) is 1. The third-order valence-corrected chi connectivity index (χ3v) is 4.10. The van der Waals surface area contributed by atoms with Gasteiger partial charge in [-0.3, -0.25) is 4.68 Å². The lowest BCUT2D eigenvalue weighted by atomic mass is 9.89. The van der Waals surface area contributed by atoms with Crippen molar-refractivity contribution in [3.63, 3.8) is 0 Å². The molecule has 0 aromatic carbocycles. The first-order chi connectivity index (χ1) is 7.35. The van der Waals surface area contributed by atoms with E-state index in [0.29, 0.717) is 6.54 Å². The summed E-state index contributed by atoms with van der Waals surface area (Å²) >= 11 is 0. The van der Waals surface area contributed by atoms with Crippen molar-refractivity contribution in [1.82, 2.24) is 15.0 Å². The summed E-state index contributed by atoms with van der Waals surface area (Å²) in [5.41, 5.74) is 6.42. The van der Waals surface area contributed by atoms with E-state index in [4.69, 9.17) is 5.73 Å². The largest absolute Gasteiger partial charge is 0.325 e. The summed E-state index contributed by atoms with van der Waals surface area (Å²) in [6.45, 7) is 1.55. The van der Waals surface area contributed by atoms with Crippen LogP contribution in [0.15, 0.2) is 6.20 Å². The van der Waals surface area contributed by atoms with Crippen molar-refractivity contribution in [2.45, 2.75) is 38.8 Å². The van der Waals surface area contributed by atoms with Gasteiger partial charge in [0.1, 0.15) is 0 Å². The fraction of sp³-hybridized carbons (Fsp3) is 0.818. The Morgan fingerprint density at radius 1 is 1.40 bits per heavy atom. The van der Waals surface area contributed by atoms with Gasteiger partial charge in [0.2, 0.25) is 0 Å².